The molecule has 7 nitrogen and oxygen atoms in total. The fourth-order valence-electron chi connectivity index (χ4n) is 3.18. The Morgan fingerprint density at radius 2 is 2.00 bits per heavy atom. The minimum atomic E-state index is -1.84. The second-order valence-corrected chi connectivity index (χ2v) is 6.04. The fourth-order valence-corrected chi connectivity index (χ4v) is 3.48. The maximum absolute atomic E-state index is 12.3. The number of carbonyl (C=O) groups excluding carboxylic acids is 1. The molecule has 1 unspecified atom stereocenters. The highest BCUT2D eigenvalue weighted by atomic mass is 35.5. The molecular weight excluding hydrogens is 318 g/mol. The molecule has 23 heavy (non-hydrogen) atoms. The van der Waals surface area contributed by atoms with E-state index >= 15 is 0 Å². The summed E-state index contributed by atoms with van der Waals surface area (Å²) in [5.74, 6) is -2.15. The van der Waals surface area contributed by atoms with Crippen molar-refractivity contribution in [2.45, 2.75) is 46.8 Å². The van der Waals surface area contributed by atoms with Crippen molar-refractivity contribution in [3.05, 3.63) is 0 Å². The number of carbonyl (C=O) groups is 1. The Bertz CT molecular complexity index is 623. The molecule has 0 aliphatic carbocycles. The number of halogens is 1. The molecule has 3 atom stereocenters. The molecule has 124 valence electrons. The van der Waals surface area contributed by atoms with Crippen LogP contribution in [0, 0.1) is 39.4 Å². The van der Waals surface area contributed by atoms with Crippen LogP contribution in [0.25, 0.3) is 0 Å². The first-order valence-corrected chi connectivity index (χ1v) is 7.66. The van der Waals surface area contributed by atoms with Crippen molar-refractivity contribution in [1.29, 1.82) is 10.5 Å². The van der Waals surface area contributed by atoms with Gasteiger partial charge >= 0.3 is 0 Å². The zero-order chi connectivity index (χ0) is 17.8. The van der Waals surface area contributed by atoms with Crippen LogP contribution in [0.15, 0.2) is 10.1 Å². The number of rotatable bonds is 5. The number of aliphatic imine (C=N–C) groups is 1. The zero-order valence-electron chi connectivity index (χ0n) is 13.6. The number of hydrogen-bond donors (Lipinski definition) is 1. The van der Waals surface area contributed by atoms with Gasteiger partial charge in [-0.25, -0.2) is 4.99 Å². The van der Waals surface area contributed by atoms with Crippen LogP contribution in [0.1, 0.15) is 40.5 Å². The van der Waals surface area contributed by atoms with E-state index in [1.165, 1.54) is 0 Å². The highest BCUT2D eigenvalue weighted by Gasteiger charge is 2.67. The fraction of sp³-hybridized carbons (Fsp3) is 0.667. The predicted molar refractivity (Wildman–Crippen MR) is 86.3 cm³/mol. The van der Waals surface area contributed by atoms with Gasteiger partial charge in [0.2, 0.25) is 12.1 Å². The molecule has 1 amide bonds. The zero-order valence-corrected chi connectivity index (χ0v) is 14.4. The third kappa shape index (κ3) is 2.66. The Hall–Kier alpha value is -2.12. The van der Waals surface area contributed by atoms with Crippen LogP contribution < -0.4 is 5.73 Å². The summed E-state index contributed by atoms with van der Waals surface area (Å²) in [5.41, 5.74) is 3.26. The first-order chi connectivity index (χ1) is 10.8. The number of nitriles is 2. The van der Waals surface area contributed by atoms with Crippen LogP contribution in [-0.4, -0.2) is 23.0 Å². The van der Waals surface area contributed by atoms with Crippen LogP contribution in [0.2, 0.25) is 0 Å². The number of hydrogen-bond acceptors (Lipinski definition) is 6. The second kappa shape index (κ2) is 6.97. The van der Waals surface area contributed by atoms with E-state index in [1.54, 1.807) is 27.7 Å². The maximum atomic E-state index is 12.3. The van der Waals surface area contributed by atoms with Crippen LogP contribution in [0.4, 0.5) is 0 Å². The van der Waals surface area contributed by atoms with E-state index in [4.69, 9.17) is 22.2 Å². The summed E-state index contributed by atoms with van der Waals surface area (Å²) in [6, 6.07) is 3.88. The number of nitrogens with two attached hydrogens (primary N) is 1. The lowest BCUT2D eigenvalue weighted by Gasteiger charge is -2.49. The maximum Gasteiger partial charge on any atom is 0.240 e. The Kier molecular flexibility index (Phi) is 5.74. The molecule has 1 aliphatic heterocycles. The van der Waals surface area contributed by atoms with E-state index in [0.717, 1.165) is 0 Å². The standard InChI is InChI=1S/C15H20ClN5O2/c1-5-14(6-2)13(23-21-9(3)4)20-11(16)10(7-17)15(14,8-18)12(19)22/h10,13H,5-6H2,1-4H3,(H2,19,22)/t10?,13-,15-/m1/s1. The molecule has 0 saturated carbocycles. The Morgan fingerprint density at radius 3 is 2.35 bits per heavy atom. The van der Waals surface area contributed by atoms with E-state index in [9.17, 15) is 15.3 Å². The lowest BCUT2D eigenvalue weighted by molar-refractivity contribution is -0.149. The molecule has 1 rings (SSSR count). The Balaban J connectivity index is 3.73. The number of nitrogens with zero attached hydrogens (tertiary/aromatic N) is 4. The van der Waals surface area contributed by atoms with Gasteiger partial charge in [-0.2, -0.15) is 10.5 Å². The molecule has 0 fully saturated rings. The van der Waals surface area contributed by atoms with Gasteiger partial charge in [0, 0.05) is 0 Å². The van der Waals surface area contributed by atoms with Crippen molar-refractivity contribution in [3.8, 4) is 12.1 Å². The first kappa shape index (κ1) is 18.9. The van der Waals surface area contributed by atoms with E-state index in [-0.39, 0.29) is 5.17 Å². The summed E-state index contributed by atoms with van der Waals surface area (Å²) < 4.78 is 0. The van der Waals surface area contributed by atoms with E-state index in [2.05, 4.69) is 10.1 Å². The molecule has 0 bridgehead atoms. The molecule has 1 aliphatic rings. The van der Waals surface area contributed by atoms with Crippen molar-refractivity contribution >= 4 is 28.4 Å². The highest BCUT2D eigenvalue weighted by molar-refractivity contribution is 6.66. The monoisotopic (exact) mass is 337 g/mol. The van der Waals surface area contributed by atoms with Gasteiger partial charge in [-0.15, -0.1) is 0 Å². The number of oxime groups is 1. The molecule has 0 aromatic heterocycles. The number of primary amides is 1. The summed E-state index contributed by atoms with van der Waals surface area (Å²) >= 11 is 6.08. The van der Waals surface area contributed by atoms with Gasteiger partial charge in [0.25, 0.3) is 0 Å². The number of amides is 1. The van der Waals surface area contributed by atoms with Gasteiger partial charge in [-0.05, 0) is 26.7 Å². The van der Waals surface area contributed by atoms with E-state index < -0.39 is 28.9 Å². The molecule has 0 spiro atoms. The molecule has 0 aromatic rings. The quantitative estimate of drug-likeness (QED) is 0.610. The van der Waals surface area contributed by atoms with E-state index in [1.807, 2.05) is 12.1 Å². The third-order valence-electron chi connectivity index (χ3n) is 4.46. The molecule has 2 N–H and O–H groups in total. The minimum absolute atomic E-state index is 0.167. The van der Waals surface area contributed by atoms with Crippen LogP contribution >= 0.6 is 11.6 Å². The van der Waals surface area contributed by atoms with Crippen molar-refractivity contribution in [1.82, 2.24) is 0 Å². The van der Waals surface area contributed by atoms with Gasteiger partial charge in [-0.1, -0.05) is 30.6 Å². The van der Waals surface area contributed by atoms with Gasteiger partial charge in [-0.3, -0.25) is 4.79 Å². The molecule has 0 radical (unpaired) electrons. The predicted octanol–water partition coefficient (Wildman–Crippen LogP) is 2.32. The largest absolute Gasteiger partial charge is 0.368 e. The lowest BCUT2D eigenvalue weighted by Crippen LogP contribution is -2.62. The van der Waals surface area contributed by atoms with Gasteiger partial charge in [0.1, 0.15) is 11.1 Å². The SMILES string of the molecule is CCC1(CC)[C@@H](ON=C(C)C)N=C(Cl)C(C#N)[C@]1(C#N)C(N)=O. The molecule has 1 heterocycles. The van der Waals surface area contributed by atoms with Crippen LogP contribution in [-0.2, 0) is 9.63 Å². The van der Waals surface area contributed by atoms with Crippen molar-refractivity contribution in [2.75, 3.05) is 0 Å². The van der Waals surface area contributed by atoms with Gasteiger partial charge in [0.15, 0.2) is 5.41 Å². The highest BCUT2D eigenvalue weighted by Crippen LogP contribution is 2.56. The second-order valence-electron chi connectivity index (χ2n) is 5.66. The van der Waals surface area contributed by atoms with Crippen LogP contribution in [0.5, 0.6) is 0 Å². The van der Waals surface area contributed by atoms with E-state index in [0.29, 0.717) is 18.6 Å². The molecular formula is C15H20ClN5O2. The summed E-state index contributed by atoms with van der Waals surface area (Å²) in [5, 5.41) is 23.0. The molecule has 8 heteroatoms. The Morgan fingerprint density at radius 1 is 1.43 bits per heavy atom. The first-order valence-electron chi connectivity index (χ1n) is 7.28. The minimum Gasteiger partial charge on any atom is -0.368 e. The normalized spacial score (nSPS) is 28.7. The van der Waals surface area contributed by atoms with Crippen LogP contribution in [0.3, 0.4) is 0 Å². The Labute approximate surface area is 140 Å². The molecule has 0 aromatic carbocycles. The smallest absolute Gasteiger partial charge is 0.240 e. The van der Waals surface area contributed by atoms with Crippen molar-refractivity contribution in [2.24, 2.45) is 32.6 Å². The summed E-state index contributed by atoms with van der Waals surface area (Å²) in [6.45, 7) is 7.05. The average molecular weight is 338 g/mol. The summed E-state index contributed by atoms with van der Waals surface area (Å²) in [6.07, 6.45) is -0.291. The lowest BCUT2D eigenvalue weighted by atomic mass is 9.53. The average Bonchev–Trinajstić information content (AvgIpc) is 2.51. The summed E-state index contributed by atoms with van der Waals surface area (Å²) in [4.78, 5) is 21.9. The van der Waals surface area contributed by atoms with Gasteiger partial charge < -0.3 is 10.6 Å². The molecule has 0 saturated heterocycles. The topological polar surface area (TPSA) is 125 Å². The third-order valence-corrected chi connectivity index (χ3v) is 4.78. The van der Waals surface area contributed by atoms with Crippen molar-refractivity contribution in [3.63, 3.8) is 0 Å². The van der Waals surface area contributed by atoms with Crippen molar-refractivity contribution < 1.29 is 9.63 Å². The summed E-state index contributed by atoms with van der Waals surface area (Å²) in [7, 11) is 0. The van der Waals surface area contributed by atoms with Gasteiger partial charge in [0.05, 0.1) is 23.3 Å².